The lowest BCUT2D eigenvalue weighted by Crippen LogP contribution is -2.41. The molecule has 2 aliphatic rings. The number of alkyl halides is 3. The van der Waals surface area contributed by atoms with Crippen molar-refractivity contribution < 1.29 is 27.5 Å². The summed E-state index contributed by atoms with van der Waals surface area (Å²) in [6.45, 7) is 0. The Morgan fingerprint density at radius 1 is 1.03 bits per heavy atom. The Balaban J connectivity index is 1.59. The highest BCUT2D eigenvalue weighted by molar-refractivity contribution is 5.99. The molecule has 0 aromatic heterocycles. The number of benzene rings is 2. The molecule has 1 amide bonds. The van der Waals surface area contributed by atoms with Gasteiger partial charge in [0, 0.05) is 5.57 Å². The molecule has 2 aromatic rings. The molecule has 0 spiro atoms. The average molecular weight is 457 g/mol. The molecule has 0 heterocycles. The number of hydrogen-bond donors (Lipinski definition) is 2. The Kier molecular flexibility index (Phi) is 6.51. The van der Waals surface area contributed by atoms with Crippen LogP contribution >= 0.6 is 0 Å². The number of halogens is 4. The molecule has 2 N–H and O–H groups in total. The van der Waals surface area contributed by atoms with Gasteiger partial charge in [-0.15, -0.1) is 0 Å². The Labute approximate surface area is 189 Å². The molecule has 0 aliphatic heterocycles. The van der Waals surface area contributed by atoms with Crippen LogP contribution in [0.5, 0.6) is 0 Å². The molecule has 4 rings (SSSR count). The minimum atomic E-state index is -4.45. The number of nitrogens with one attached hydrogen (secondary N) is 1. The molecular weight excluding hydrogens is 434 g/mol. The van der Waals surface area contributed by atoms with Crippen molar-refractivity contribution in [2.24, 2.45) is 0 Å². The molecule has 0 saturated carbocycles. The van der Waals surface area contributed by atoms with E-state index in [1.807, 2.05) is 6.08 Å². The Hall–Kier alpha value is -3.19. The lowest BCUT2D eigenvalue weighted by Gasteiger charge is -2.25. The summed E-state index contributed by atoms with van der Waals surface area (Å²) in [6, 6.07) is 9.04. The highest BCUT2D eigenvalue weighted by Crippen LogP contribution is 2.34. The summed E-state index contributed by atoms with van der Waals surface area (Å²) in [6.07, 6.45) is 2.88. The molecule has 2 aromatic carbocycles. The van der Waals surface area contributed by atoms with Gasteiger partial charge < -0.3 is 10.4 Å². The van der Waals surface area contributed by atoms with Gasteiger partial charge in [0.05, 0.1) is 17.7 Å². The van der Waals surface area contributed by atoms with Crippen molar-refractivity contribution in [1.82, 2.24) is 5.32 Å². The van der Waals surface area contributed by atoms with E-state index in [9.17, 15) is 27.5 Å². The second kappa shape index (κ2) is 9.35. The van der Waals surface area contributed by atoms with Gasteiger partial charge in [0.25, 0.3) is 5.91 Å². The van der Waals surface area contributed by atoms with E-state index in [1.54, 1.807) is 6.08 Å². The van der Waals surface area contributed by atoms with Crippen LogP contribution < -0.4 is 5.32 Å². The monoisotopic (exact) mass is 457 g/mol. The summed E-state index contributed by atoms with van der Waals surface area (Å²) in [5, 5.41) is 13.8. The maximum atomic E-state index is 13.3. The normalized spacial score (nSPS) is 17.4. The second-order valence-corrected chi connectivity index (χ2v) is 8.25. The van der Waals surface area contributed by atoms with Crippen molar-refractivity contribution in [1.29, 1.82) is 0 Å². The molecule has 0 fully saturated rings. The fraction of sp³-hybridized carbons (Fsp3) is 0.269. The fourth-order valence-electron chi connectivity index (χ4n) is 4.21. The maximum Gasteiger partial charge on any atom is 0.416 e. The van der Waals surface area contributed by atoms with Crippen LogP contribution in [0.2, 0.25) is 0 Å². The molecular formula is C26H23F4NO2. The Morgan fingerprint density at radius 2 is 1.73 bits per heavy atom. The number of fused-ring (bicyclic) bond motifs is 1. The average Bonchev–Trinajstić information content (AvgIpc) is 3.23. The third-order valence-corrected chi connectivity index (χ3v) is 5.99. The molecule has 2 atom stereocenters. The van der Waals surface area contributed by atoms with E-state index >= 15 is 0 Å². The zero-order valence-corrected chi connectivity index (χ0v) is 17.7. The van der Waals surface area contributed by atoms with Gasteiger partial charge in [-0.05, 0) is 78.3 Å². The Bertz CT molecular complexity index is 1110. The minimum Gasteiger partial charge on any atom is -0.386 e. The third kappa shape index (κ3) is 5.25. The van der Waals surface area contributed by atoms with E-state index in [1.165, 1.54) is 36.4 Å². The Morgan fingerprint density at radius 3 is 2.39 bits per heavy atom. The third-order valence-electron chi connectivity index (χ3n) is 5.99. The topological polar surface area (TPSA) is 49.3 Å². The molecule has 0 bridgehead atoms. The maximum absolute atomic E-state index is 13.3. The summed E-state index contributed by atoms with van der Waals surface area (Å²) in [5.74, 6) is -0.821. The first kappa shape index (κ1) is 23.0. The first-order chi connectivity index (χ1) is 15.7. The molecule has 0 saturated heterocycles. The molecule has 0 unspecified atom stereocenters. The zero-order valence-electron chi connectivity index (χ0n) is 17.7. The number of rotatable bonds is 6. The van der Waals surface area contributed by atoms with Crippen molar-refractivity contribution in [2.45, 2.75) is 44.0 Å². The molecule has 2 aliphatic carbocycles. The predicted octanol–water partition coefficient (Wildman–Crippen LogP) is 5.58. The number of carbonyl (C=O) groups excluding carboxylic acids is 1. The molecule has 172 valence electrons. The highest BCUT2D eigenvalue weighted by Gasteiger charge is 2.31. The fourth-order valence-corrected chi connectivity index (χ4v) is 4.21. The van der Waals surface area contributed by atoms with Gasteiger partial charge in [-0.25, -0.2) is 4.39 Å². The van der Waals surface area contributed by atoms with Crippen molar-refractivity contribution in [2.75, 3.05) is 0 Å². The van der Waals surface area contributed by atoms with Crippen LogP contribution in [0.25, 0.3) is 0 Å². The number of amides is 1. The van der Waals surface area contributed by atoms with Gasteiger partial charge >= 0.3 is 6.18 Å². The molecule has 3 nitrogen and oxygen atoms in total. The van der Waals surface area contributed by atoms with Crippen LogP contribution in [0, 0.1) is 5.82 Å². The van der Waals surface area contributed by atoms with Gasteiger partial charge in [0.1, 0.15) is 5.82 Å². The summed E-state index contributed by atoms with van der Waals surface area (Å²) in [4.78, 5) is 13.1. The van der Waals surface area contributed by atoms with Crippen molar-refractivity contribution in [3.8, 4) is 0 Å². The van der Waals surface area contributed by atoms with Crippen LogP contribution in [0.3, 0.4) is 0 Å². The number of allylic oxidation sites excluding steroid dienone is 4. The first-order valence-corrected chi connectivity index (χ1v) is 10.7. The van der Waals surface area contributed by atoms with E-state index < -0.39 is 29.7 Å². The molecule has 0 radical (unpaired) electrons. The number of carbonyl (C=O) groups is 1. The van der Waals surface area contributed by atoms with Crippen molar-refractivity contribution in [3.05, 3.63) is 106 Å². The van der Waals surface area contributed by atoms with Gasteiger partial charge in [0.2, 0.25) is 0 Å². The van der Waals surface area contributed by atoms with Crippen LogP contribution in [0.15, 0.2) is 83.5 Å². The van der Waals surface area contributed by atoms with E-state index in [0.29, 0.717) is 16.7 Å². The summed E-state index contributed by atoms with van der Waals surface area (Å²) in [5.41, 5.74) is 2.67. The first-order valence-electron chi connectivity index (χ1n) is 10.7. The summed E-state index contributed by atoms with van der Waals surface area (Å²) >= 11 is 0. The molecule has 7 heteroatoms. The number of aliphatic hydroxyl groups is 1. The van der Waals surface area contributed by atoms with Gasteiger partial charge in [0.15, 0.2) is 0 Å². The summed E-state index contributed by atoms with van der Waals surface area (Å²) in [7, 11) is 0. The van der Waals surface area contributed by atoms with Crippen LogP contribution in [0.1, 0.15) is 42.1 Å². The van der Waals surface area contributed by atoms with Gasteiger partial charge in [-0.1, -0.05) is 36.4 Å². The van der Waals surface area contributed by atoms with E-state index in [0.717, 1.165) is 42.5 Å². The van der Waals surface area contributed by atoms with Crippen molar-refractivity contribution in [3.63, 3.8) is 0 Å². The minimum absolute atomic E-state index is 0.0947. The standard InChI is InChI=1S/C26H23F4NO2/c27-20-12-7-18(8-13-20)24(32)23(15-16-5-10-19(11-6-16)26(28,29)30)31-25(33)22-14-9-17-3-1-2-4-21(17)22/h3,5-14,23-24,32H,1-2,4,15H2,(H,31,33)/t23-,24+/m1/s1. The number of hydrogen-bond acceptors (Lipinski definition) is 2. The SMILES string of the molecule is O=C(N[C@H](Cc1ccc(C(F)(F)F)cc1)[C@@H](O)c1ccc(F)cc1)C1=C2CCCC=C2C=C1. The van der Waals surface area contributed by atoms with Gasteiger partial charge in [-0.2, -0.15) is 13.2 Å². The van der Waals surface area contributed by atoms with Crippen LogP contribution in [-0.4, -0.2) is 17.1 Å². The second-order valence-electron chi connectivity index (χ2n) is 8.25. The molecule has 33 heavy (non-hydrogen) atoms. The highest BCUT2D eigenvalue weighted by atomic mass is 19.4. The van der Waals surface area contributed by atoms with E-state index in [4.69, 9.17) is 0 Å². The zero-order chi connectivity index (χ0) is 23.6. The van der Waals surface area contributed by atoms with E-state index in [2.05, 4.69) is 11.4 Å². The van der Waals surface area contributed by atoms with Crippen molar-refractivity contribution >= 4 is 5.91 Å². The largest absolute Gasteiger partial charge is 0.416 e. The van der Waals surface area contributed by atoms with Crippen LogP contribution in [0.4, 0.5) is 17.6 Å². The van der Waals surface area contributed by atoms with Crippen LogP contribution in [-0.2, 0) is 17.4 Å². The van der Waals surface area contributed by atoms with E-state index in [-0.39, 0.29) is 12.3 Å². The quantitative estimate of drug-likeness (QED) is 0.557. The predicted molar refractivity (Wildman–Crippen MR) is 117 cm³/mol. The van der Waals surface area contributed by atoms with Gasteiger partial charge in [-0.3, -0.25) is 4.79 Å². The smallest absolute Gasteiger partial charge is 0.386 e. The number of aliphatic hydroxyl groups excluding tert-OH is 1. The summed E-state index contributed by atoms with van der Waals surface area (Å²) < 4.78 is 52.0. The lowest BCUT2D eigenvalue weighted by atomic mass is 9.92. The lowest BCUT2D eigenvalue weighted by molar-refractivity contribution is -0.137.